The third-order valence-electron chi connectivity index (χ3n) is 3.37. The normalized spacial score (nSPS) is 21.4. The molecule has 6 nitrogen and oxygen atoms in total. The first-order chi connectivity index (χ1) is 8.46. The number of hydrogen-bond donors (Lipinski definition) is 1. The number of methoxy groups -OCH3 is 1. The Balaban J connectivity index is 2.38. The van der Waals surface area contributed by atoms with Gasteiger partial charge in [-0.2, -0.15) is 0 Å². The fourth-order valence-corrected chi connectivity index (χ4v) is 2.37. The predicted molar refractivity (Wildman–Crippen MR) is 63.9 cm³/mol. The Bertz CT molecular complexity index is 515. The molecule has 96 valence electrons. The average Bonchev–Trinajstić information content (AvgIpc) is 2.66. The molecular weight excluding hydrogens is 236 g/mol. The smallest absolute Gasteiger partial charge is 0.307 e. The monoisotopic (exact) mass is 250 g/mol. The Morgan fingerprint density at radius 2 is 2.33 bits per heavy atom. The summed E-state index contributed by atoms with van der Waals surface area (Å²) in [5.41, 5.74) is 6.98. The number of nitro groups is 1. The van der Waals surface area contributed by atoms with Crippen LogP contribution in [0.3, 0.4) is 0 Å². The predicted octanol–water partition coefficient (Wildman–Crippen LogP) is 1.26. The van der Waals surface area contributed by atoms with Crippen molar-refractivity contribution in [2.75, 3.05) is 7.11 Å². The van der Waals surface area contributed by atoms with E-state index in [0.29, 0.717) is 12.0 Å². The lowest BCUT2D eigenvalue weighted by Gasteiger charge is -2.23. The molecule has 1 atom stereocenters. The number of esters is 1. The van der Waals surface area contributed by atoms with Crippen LogP contribution in [0.2, 0.25) is 0 Å². The van der Waals surface area contributed by atoms with E-state index in [0.717, 1.165) is 12.0 Å². The van der Waals surface area contributed by atoms with Crippen molar-refractivity contribution in [3.05, 3.63) is 39.4 Å². The number of carbonyl (C=O) groups is 1. The Kier molecular flexibility index (Phi) is 3.04. The molecule has 0 heterocycles. The minimum Gasteiger partial charge on any atom is -0.469 e. The number of nitro benzene ring substituents is 1. The number of carbonyl (C=O) groups excluding carboxylic acids is 1. The number of hydrogen-bond acceptors (Lipinski definition) is 5. The van der Waals surface area contributed by atoms with E-state index >= 15 is 0 Å². The fourth-order valence-electron chi connectivity index (χ4n) is 2.37. The van der Waals surface area contributed by atoms with E-state index in [-0.39, 0.29) is 12.1 Å². The molecule has 1 aromatic carbocycles. The summed E-state index contributed by atoms with van der Waals surface area (Å²) in [6.07, 6.45) is 1.36. The number of benzene rings is 1. The summed E-state index contributed by atoms with van der Waals surface area (Å²) >= 11 is 0. The Labute approximate surface area is 104 Å². The first kappa shape index (κ1) is 12.5. The molecule has 18 heavy (non-hydrogen) atoms. The minimum absolute atomic E-state index is 0.00431. The van der Waals surface area contributed by atoms with Crippen LogP contribution in [0.5, 0.6) is 0 Å². The first-order valence-electron chi connectivity index (χ1n) is 5.60. The number of fused-ring (bicyclic) bond motifs is 1. The van der Waals surface area contributed by atoms with Crippen LogP contribution in [-0.4, -0.2) is 18.0 Å². The lowest BCUT2D eigenvalue weighted by molar-refractivity contribution is -0.385. The molecular formula is C12H14N2O4. The molecule has 0 bridgehead atoms. The summed E-state index contributed by atoms with van der Waals surface area (Å²) in [6.45, 7) is 0. The van der Waals surface area contributed by atoms with Crippen molar-refractivity contribution in [2.45, 2.75) is 24.8 Å². The van der Waals surface area contributed by atoms with Crippen molar-refractivity contribution in [1.82, 2.24) is 0 Å². The van der Waals surface area contributed by atoms with Gasteiger partial charge in [0.1, 0.15) is 0 Å². The molecule has 0 saturated heterocycles. The lowest BCUT2D eigenvalue weighted by atomic mass is 9.89. The van der Waals surface area contributed by atoms with Gasteiger partial charge in [0.2, 0.25) is 0 Å². The van der Waals surface area contributed by atoms with Crippen LogP contribution in [0.1, 0.15) is 24.0 Å². The summed E-state index contributed by atoms with van der Waals surface area (Å²) in [6, 6.07) is 4.63. The molecule has 2 rings (SSSR count). The van der Waals surface area contributed by atoms with Crippen LogP contribution >= 0.6 is 0 Å². The topological polar surface area (TPSA) is 95.5 Å². The van der Waals surface area contributed by atoms with Gasteiger partial charge in [0.25, 0.3) is 5.69 Å². The number of ether oxygens (including phenoxy) is 1. The van der Waals surface area contributed by atoms with Gasteiger partial charge < -0.3 is 10.5 Å². The highest BCUT2D eigenvalue weighted by molar-refractivity contribution is 5.72. The van der Waals surface area contributed by atoms with E-state index in [1.807, 2.05) is 0 Å². The molecule has 0 amide bonds. The number of rotatable bonds is 3. The standard InChI is InChI=1S/C12H14N2O4/c1-18-11(15)7-12(13)5-4-8-2-3-9(14(16)17)6-10(8)12/h2-3,6H,4-5,7,13H2,1H3/t12-/m0/s1. The summed E-state index contributed by atoms with van der Waals surface area (Å²) in [4.78, 5) is 21.7. The first-order valence-corrected chi connectivity index (χ1v) is 5.60. The average molecular weight is 250 g/mol. The molecule has 0 unspecified atom stereocenters. The van der Waals surface area contributed by atoms with Crippen LogP contribution in [-0.2, 0) is 21.5 Å². The van der Waals surface area contributed by atoms with Crippen LogP contribution < -0.4 is 5.73 Å². The largest absolute Gasteiger partial charge is 0.469 e. The van der Waals surface area contributed by atoms with E-state index in [9.17, 15) is 14.9 Å². The second-order valence-electron chi connectivity index (χ2n) is 4.51. The molecule has 0 radical (unpaired) electrons. The second kappa shape index (κ2) is 4.38. The number of non-ortho nitro benzene ring substituents is 1. The van der Waals surface area contributed by atoms with E-state index in [1.165, 1.54) is 19.2 Å². The lowest BCUT2D eigenvalue weighted by Crippen LogP contribution is -2.37. The SMILES string of the molecule is COC(=O)C[C@@]1(N)CCc2ccc([N+](=O)[O-])cc21. The Hall–Kier alpha value is -1.95. The minimum atomic E-state index is -0.853. The van der Waals surface area contributed by atoms with Crippen molar-refractivity contribution in [1.29, 1.82) is 0 Å². The van der Waals surface area contributed by atoms with Crippen molar-refractivity contribution >= 4 is 11.7 Å². The molecule has 1 aliphatic carbocycles. The quantitative estimate of drug-likeness (QED) is 0.495. The molecule has 0 spiro atoms. The van der Waals surface area contributed by atoms with Gasteiger partial charge in [0, 0.05) is 12.1 Å². The number of nitrogens with two attached hydrogens (primary N) is 1. The van der Waals surface area contributed by atoms with Crippen molar-refractivity contribution in [2.24, 2.45) is 5.73 Å². The molecule has 1 aromatic rings. The molecule has 0 fully saturated rings. The maximum atomic E-state index is 11.4. The van der Waals surface area contributed by atoms with Crippen molar-refractivity contribution < 1.29 is 14.5 Å². The van der Waals surface area contributed by atoms with Crippen LogP contribution in [0.25, 0.3) is 0 Å². The van der Waals surface area contributed by atoms with E-state index in [1.54, 1.807) is 6.07 Å². The third kappa shape index (κ3) is 2.06. The third-order valence-corrected chi connectivity index (χ3v) is 3.37. The summed E-state index contributed by atoms with van der Waals surface area (Å²) in [5, 5.41) is 10.8. The van der Waals surface area contributed by atoms with Crippen molar-refractivity contribution in [3.63, 3.8) is 0 Å². The maximum Gasteiger partial charge on any atom is 0.307 e. The van der Waals surface area contributed by atoms with Gasteiger partial charge in [-0.25, -0.2) is 0 Å². The highest BCUT2D eigenvalue weighted by Gasteiger charge is 2.38. The molecule has 1 aliphatic rings. The fraction of sp³-hybridized carbons (Fsp3) is 0.417. The highest BCUT2D eigenvalue weighted by Crippen LogP contribution is 2.39. The van der Waals surface area contributed by atoms with Gasteiger partial charge in [-0.15, -0.1) is 0 Å². The number of nitrogens with zero attached hydrogens (tertiary/aromatic N) is 1. The summed E-state index contributed by atoms with van der Waals surface area (Å²) in [7, 11) is 1.30. The summed E-state index contributed by atoms with van der Waals surface area (Å²) < 4.78 is 4.62. The van der Waals surface area contributed by atoms with Gasteiger partial charge in [-0.1, -0.05) is 6.07 Å². The Morgan fingerprint density at radius 3 is 2.94 bits per heavy atom. The van der Waals surface area contributed by atoms with Gasteiger partial charge in [0.05, 0.1) is 24.0 Å². The zero-order valence-electron chi connectivity index (χ0n) is 10.0. The molecule has 6 heteroatoms. The van der Waals surface area contributed by atoms with Gasteiger partial charge in [-0.05, 0) is 24.0 Å². The van der Waals surface area contributed by atoms with Gasteiger partial charge in [0.15, 0.2) is 0 Å². The van der Waals surface area contributed by atoms with Crippen LogP contribution in [0.15, 0.2) is 18.2 Å². The van der Waals surface area contributed by atoms with Crippen LogP contribution in [0, 0.1) is 10.1 Å². The van der Waals surface area contributed by atoms with E-state index in [4.69, 9.17) is 5.73 Å². The van der Waals surface area contributed by atoms with Crippen LogP contribution in [0.4, 0.5) is 5.69 Å². The van der Waals surface area contributed by atoms with E-state index < -0.39 is 16.4 Å². The highest BCUT2D eigenvalue weighted by atomic mass is 16.6. The molecule has 2 N–H and O–H groups in total. The van der Waals surface area contributed by atoms with Gasteiger partial charge in [-0.3, -0.25) is 14.9 Å². The second-order valence-corrected chi connectivity index (χ2v) is 4.51. The molecule has 0 saturated carbocycles. The summed E-state index contributed by atoms with van der Waals surface area (Å²) in [5.74, 6) is -0.406. The maximum absolute atomic E-state index is 11.4. The van der Waals surface area contributed by atoms with Gasteiger partial charge >= 0.3 is 5.97 Å². The van der Waals surface area contributed by atoms with E-state index in [2.05, 4.69) is 4.74 Å². The Morgan fingerprint density at radius 1 is 1.61 bits per heavy atom. The number of aryl methyl sites for hydroxylation is 1. The zero-order valence-corrected chi connectivity index (χ0v) is 10.0. The molecule has 0 aromatic heterocycles. The van der Waals surface area contributed by atoms with Crippen molar-refractivity contribution in [3.8, 4) is 0 Å². The zero-order chi connectivity index (χ0) is 13.3. The molecule has 0 aliphatic heterocycles.